The van der Waals surface area contributed by atoms with Gasteiger partial charge in [-0.2, -0.15) is 0 Å². The number of para-hydroxylation sites is 1. The van der Waals surface area contributed by atoms with E-state index in [4.69, 9.17) is 4.74 Å². The predicted molar refractivity (Wildman–Crippen MR) is 152 cm³/mol. The normalized spacial score (nSPS) is 18.1. The molecule has 0 aromatic heterocycles. The molecule has 3 aromatic rings. The maximum atomic E-state index is 13.2. The second-order valence-electron chi connectivity index (χ2n) is 9.77. The van der Waals surface area contributed by atoms with E-state index < -0.39 is 30.3 Å². The third-order valence-electron chi connectivity index (χ3n) is 7.09. The van der Waals surface area contributed by atoms with Gasteiger partial charge in [0.05, 0.1) is 28.7 Å². The molecule has 0 bridgehead atoms. The highest BCUT2D eigenvalue weighted by Crippen LogP contribution is 2.40. The topological polar surface area (TPSA) is 110 Å². The molecule has 1 aliphatic carbocycles. The van der Waals surface area contributed by atoms with Crippen LogP contribution in [-0.4, -0.2) is 36.1 Å². The Balaban J connectivity index is 1.24. The van der Waals surface area contributed by atoms with E-state index in [2.05, 4.69) is 21.2 Å². The maximum Gasteiger partial charge on any atom is 0.338 e. The summed E-state index contributed by atoms with van der Waals surface area (Å²) in [6.07, 6.45) is 3.04. The average Bonchev–Trinajstić information content (AvgIpc) is 3.20. The number of ether oxygens (including phenoxy) is 1. The molecule has 2 atom stereocenters. The van der Waals surface area contributed by atoms with Crippen LogP contribution in [0.25, 0.3) is 0 Å². The number of anilines is 2. The number of nitrogens with one attached hydrogen (secondary N) is 1. The van der Waals surface area contributed by atoms with Crippen molar-refractivity contribution in [3.8, 4) is 0 Å². The fourth-order valence-corrected chi connectivity index (χ4v) is 5.22. The summed E-state index contributed by atoms with van der Waals surface area (Å²) in [5.41, 5.74) is 2.55. The number of amides is 3. The number of halogens is 1. The van der Waals surface area contributed by atoms with Crippen molar-refractivity contribution in [2.75, 3.05) is 16.8 Å². The van der Waals surface area contributed by atoms with Crippen molar-refractivity contribution in [1.29, 1.82) is 0 Å². The number of hydrogen-bond acceptors (Lipinski definition) is 6. The second-order valence-corrected chi connectivity index (χ2v) is 10.7. The molecule has 8 nitrogen and oxygen atoms in total. The predicted octanol–water partition coefficient (Wildman–Crippen LogP) is 5.59. The number of carbonyl (C=O) groups excluding carboxylic acids is 5. The fraction of sp³-hybridized carbons (Fsp3) is 0.194. The first-order chi connectivity index (χ1) is 19.2. The second kappa shape index (κ2) is 11.4. The minimum atomic E-state index is -0.675. The van der Waals surface area contributed by atoms with Crippen LogP contribution in [0.2, 0.25) is 0 Å². The third kappa shape index (κ3) is 5.51. The quantitative estimate of drug-likeness (QED) is 0.164. The van der Waals surface area contributed by atoms with E-state index in [1.807, 2.05) is 13.0 Å². The van der Waals surface area contributed by atoms with Gasteiger partial charge in [-0.15, -0.1) is 0 Å². The van der Waals surface area contributed by atoms with Crippen LogP contribution < -0.4 is 10.2 Å². The van der Waals surface area contributed by atoms with E-state index in [0.29, 0.717) is 24.1 Å². The van der Waals surface area contributed by atoms with Gasteiger partial charge < -0.3 is 10.1 Å². The van der Waals surface area contributed by atoms with Gasteiger partial charge in [0.15, 0.2) is 12.4 Å². The average molecular weight is 601 g/mol. The molecule has 1 saturated heterocycles. The minimum Gasteiger partial charge on any atom is -0.454 e. The van der Waals surface area contributed by atoms with Crippen LogP contribution in [0.15, 0.2) is 88.9 Å². The highest BCUT2D eigenvalue weighted by molar-refractivity contribution is 9.10. The Morgan fingerprint density at radius 2 is 1.55 bits per heavy atom. The number of carbonyl (C=O) groups is 5. The lowest BCUT2D eigenvalue weighted by atomic mass is 9.82. The molecule has 5 rings (SSSR count). The van der Waals surface area contributed by atoms with E-state index in [-0.39, 0.29) is 34.4 Å². The van der Waals surface area contributed by atoms with Gasteiger partial charge >= 0.3 is 5.97 Å². The molecule has 2 aliphatic rings. The van der Waals surface area contributed by atoms with E-state index in [1.165, 1.54) is 24.3 Å². The van der Waals surface area contributed by atoms with Gasteiger partial charge in [0.1, 0.15) is 0 Å². The molecule has 1 aliphatic heterocycles. The Bertz CT molecular complexity index is 1540. The van der Waals surface area contributed by atoms with Gasteiger partial charge in [-0.25, -0.2) is 9.69 Å². The number of esters is 1. The molecule has 0 unspecified atom stereocenters. The van der Waals surface area contributed by atoms with Crippen LogP contribution in [0, 0.1) is 11.8 Å². The largest absolute Gasteiger partial charge is 0.454 e. The third-order valence-corrected chi connectivity index (χ3v) is 7.62. The zero-order chi connectivity index (χ0) is 28.4. The molecule has 0 saturated carbocycles. The Morgan fingerprint density at radius 3 is 2.27 bits per heavy atom. The Labute approximate surface area is 239 Å². The van der Waals surface area contributed by atoms with Crippen molar-refractivity contribution < 1.29 is 28.7 Å². The molecular formula is C31H25BrN2O6. The molecule has 0 radical (unpaired) electrons. The van der Waals surface area contributed by atoms with Crippen molar-refractivity contribution in [3.05, 3.63) is 106 Å². The lowest BCUT2D eigenvalue weighted by molar-refractivity contribution is -0.122. The molecule has 0 spiro atoms. The van der Waals surface area contributed by atoms with Crippen LogP contribution in [-0.2, 0) is 14.3 Å². The number of benzene rings is 3. The highest BCUT2D eigenvalue weighted by Gasteiger charge is 2.49. The highest BCUT2D eigenvalue weighted by atomic mass is 79.9. The van der Waals surface area contributed by atoms with Crippen molar-refractivity contribution >= 4 is 56.8 Å². The smallest absolute Gasteiger partial charge is 0.338 e. The summed E-state index contributed by atoms with van der Waals surface area (Å²) in [6.45, 7) is 1.55. The van der Waals surface area contributed by atoms with Gasteiger partial charge in [0.2, 0.25) is 11.8 Å². The van der Waals surface area contributed by atoms with Crippen molar-refractivity contribution in [1.82, 2.24) is 0 Å². The number of hydrogen-bond donors (Lipinski definition) is 1. The van der Waals surface area contributed by atoms with Crippen molar-refractivity contribution in [2.45, 2.75) is 19.8 Å². The van der Waals surface area contributed by atoms with Crippen molar-refractivity contribution in [2.24, 2.45) is 11.8 Å². The summed E-state index contributed by atoms with van der Waals surface area (Å²) in [6, 6.07) is 19.2. The Kier molecular flexibility index (Phi) is 7.75. The lowest BCUT2D eigenvalue weighted by Gasteiger charge is -2.19. The molecule has 1 fully saturated rings. The number of rotatable bonds is 7. The first-order valence-electron chi connectivity index (χ1n) is 12.7. The monoisotopic (exact) mass is 600 g/mol. The summed E-state index contributed by atoms with van der Waals surface area (Å²) < 4.78 is 5.98. The van der Waals surface area contributed by atoms with Crippen LogP contribution in [0.4, 0.5) is 11.4 Å². The number of fused-ring (bicyclic) bond motifs is 1. The van der Waals surface area contributed by atoms with Gasteiger partial charge in [0, 0.05) is 15.7 Å². The summed E-state index contributed by atoms with van der Waals surface area (Å²) in [5, 5.41) is 2.76. The molecule has 202 valence electrons. The zero-order valence-corrected chi connectivity index (χ0v) is 23.1. The lowest BCUT2D eigenvalue weighted by Crippen LogP contribution is -2.33. The molecular weight excluding hydrogens is 576 g/mol. The van der Waals surface area contributed by atoms with E-state index in [9.17, 15) is 24.0 Å². The number of Topliss-reactive ketones (excluding diaryl/α,β-unsaturated/α-hetero) is 1. The van der Waals surface area contributed by atoms with Crippen LogP contribution >= 0.6 is 15.9 Å². The van der Waals surface area contributed by atoms with E-state index in [0.717, 1.165) is 14.9 Å². The molecule has 1 heterocycles. The number of ketones is 1. The molecule has 40 heavy (non-hydrogen) atoms. The van der Waals surface area contributed by atoms with Gasteiger partial charge in [0.25, 0.3) is 5.91 Å². The Morgan fingerprint density at radius 1 is 0.900 bits per heavy atom. The molecule has 3 amide bonds. The zero-order valence-electron chi connectivity index (χ0n) is 21.6. The molecule has 9 heteroatoms. The number of allylic oxidation sites excluding steroid dienone is 2. The van der Waals surface area contributed by atoms with Crippen LogP contribution in [0.5, 0.6) is 0 Å². The number of nitrogens with zero attached hydrogens (tertiary/aromatic N) is 1. The molecule has 1 N–H and O–H groups in total. The van der Waals surface area contributed by atoms with E-state index in [1.54, 1.807) is 48.5 Å². The Hall–Kier alpha value is -4.37. The van der Waals surface area contributed by atoms with Gasteiger partial charge in [-0.1, -0.05) is 51.8 Å². The summed E-state index contributed by atoms with van der Waals surface area (Å²) in [5.74, 6) is -2.91. The maximum absolute atomic E-state index is 13.2. The van der Waals surface area contributed by atoms with Gasteiger partial charge in [-0.3, -0.25) is 19.2 Å². The minimum absolute atomic E-state index is 0.183. The fourth-order valence-electron chi connectivity index (χ4n) is 4.96. The standard InChI is InChI=1S/C31H25BrN2O6/c1-18-6-15-23-25(16-18)30(38)34(29(23)37)26-5-3-2-4-24(26)28(36)33-22-13-9-20(10-14-22)31(39)40-17-27(35)19-7-11-21(32)12-8-19/h2-14,23,25H,15-17H2,1H3,(H,33,36)/t23-,25+/m0/s1. The first-order valence-corrected chi connectivity index (χ1v) is 13.5. The summed E-state index contributed by atoms with van der Waals surface area (Å²) in [7, 11) is 0. The summed E-state index contributed by atoms with van der Waals surface area (Å²) in [4.78, 5) is 65.4. The van der Waals surface area contributed by atoms with Crippen LogP contribution in [0.3, 0.4) is 0 Å². The molecule has 3 aromatic carbocycles. The van der Waals surface area contributed by atoms with Crippen molar-refractivity contribution in [3.63, 3.8) is 0 Å². The first kappa shape index (κ1) is 27.2. The van der Waals surface area contributed by atoms with Gasteiger partial charge in [-0.05, 0) is 68.3 Å². The summed E-state index contributed by atoms with van der Waals surface area (Å²) >= 11 is 3.30. The van der Waals surface area contributed by atoms with Crippen LogP contribution in [0.1, 0.15) is 50.8 Å². The SMILES string of the molecule is CC1=CC[C@@H]2C(=O)N(c3ccccc3C(=O)Nc3ccc(C(=O)OCC(=O)c4ccc(Br)cc4)cc3)C(=O)[C@@H]2C1. The van der Waals surface area contributed by atoms with E-state index >= 15 is 0 Å². The number of imide groups is 1.